The maximum absolute atomic E-state index is 9.08. The van der Waals surface area contributed by atoms with Crippen LogP contribution in [0.1, 0.15) is 17.8 Å². The summed E-state index contributed by atoms with van der Waals surface area (Å²) >= 11 is 7.25. The first kappa shape index (κ1) is 10.4. The third kappa shape index (κ3) is 2.45. The fraction of sp³-hybridized carbons (Fsp3) is 0.667. The van der Waals surface area contributed by atoms with Crippen LogP contribution in [0.25, 0.3) is 0 Å². The number of aromatic nitrogens is 1. The van der Waals surface area contributed by atoms with E-state index < -0.39 is 0 Å². The minimum Gasteiger partial charge on any atom is -0.396 e. The average Bonchev–Trinajstić information content (AvgIpc) is 2.84. The number of rotatable bonds is 5. The molecule has 0 spiro atoms. The quantitative estimate of drug-likeness (QED) is 0.812. The number of hydrogen-bond acceptors (Lipinski definition) is 4. The topological polar surface area (TPSA) is 45.1 Å². The van der Waals surface area contributed by atoms with Gasteiger partial charge in [0.15, 0.2) is 0 Å². The molecule has 0 amide bonds. The van der Waals surface area contributed by atoms with Crippen molar-refractivity contribution in [3.63, 3.8) is 0 Å². The molecule has 0 aliphatic heterocycles. The van der Waals surface area contributed by atoms with Gasteiger partial charge in [-0.15, -0.1) is 11.3 Å². The Morgan fingerprint density at radius 3 is 2.93 bits per heavy atom. The number of thiazole rings is 1. The summed E-state index contributed by atoms with van der Waals surface area (Å²) in [7, 11) is 0. The van der Waals surface area contributed by atoms with E-state index in [-0.39, 0.29) is 5.41 Å². The van der Waals surface area contributed by atoms with Crippen LogP contribution in [0.15, 0.2) is 6.20 Å². The largest absolute Gasteiger partial charge is 0.396 e. The molecule has 14 heavy (non-hydrogen) atoms. The number of aliphatic hydroxyl groups is 1. The van der Waals surface area contributed by atoms with E-state index in [0.29, 0.717) is 6.61 Å². The molecule has 1 aromatic rings. The van der Waals surface area contributed by atoms with E-state index in [4.69, 9.17) is 16.7 Å². The molecular formula is C9H13ClN2OS. The summed E-state index contributed by atoms with van der Waals surface area (Å²) < 4.78 is 0.727. The highest BCUT2D eigenvalue weighted by atomic mass is 35.5. The van der Waals surface area contributed by atoms with Crippen LogP contribution in [-0.4, -0.2) is 23.2 Å². The molecule has 1 heterocycles. The van der Waals surface area contributed by atoms with Crippen LogP contribution < -0.4 is 5.32 Å². The molecule has 0 bridgehead atoms. The van der Waals surface area contributed by atoms with Crippen molar-refractivity contribution in [3.05, 3.63) is 15.5 Å². The molecule has 1 aromatic heterocycles. The molecule has 0 atom stereocenters. The predicted molar refractivity (Wildman–Crippen MR) is 57.6 cm³/mol. The minimum atomic E-state index is 0.168. The SMILES string of the molecule is OCC1(CNCc2ncc(Cl)s2)CC1. The molecule has 1 aliphatic rings. The molecule has 0 radical (unpaired) electrons. The van der Waals surface area contributed by atoms with Crippen LogP contribution in [-0.2, 0) is 6.54 Å². The van der Waals surface area contributed by atoms with Gasteiger partial charge in [0.1, 0.15) is 9.34 Å². The first-order valence-electron chi connectivity index (χ1n) is 4.66. The average molecular weight is 233 g/mol. The van der Waals surface area contributed by atoms with Crippen molar-refractivity contribution in [2.24, 2.45) is 5.41 Å². The number of nitrogens with one attached hydrogen (secondary N) is 1. The number of hydrogen-bond donors (Lipinski definition) is 2. The molecule has 1 fully saturated rings. The Kier molecular flexibility index (Phi) is 3.07. The van der Waals surface area contributed by atoms with Gasteiger partial charge in [-0.2, -0.15) is 0 Å². The predicted octanol–water partition coefficient (Wildman–Crippen LogP) is 1.66. The lowest BCUT2D eigenvalue weighted by Gasteiger charge is -2.11. The van der Waals surface area contributed by atoms with E-state index in [9.17, 15) is 0 Å². The fourth-order valence-electron chi connectivity index (χ4n) is 1.37. The van der Waals surface area contributed by atoms with E-state index in [1.807, 2.05) is 0 Å². The Labute approximate surface area is 92.1 Å². The maximum atomic E-state index is 9.08. The summed E-state index contributed by atoms with van der Waals surface area (Å²) in [4.78, 5) is 4.14. The second kappa shape index (κ2) is 4.14. The molecule has 2 N–H and O–H groups in total. The van der Waals surface area contributed by atoms with E-state index in [1.54, 1.807) is 6.20 Å². The molecule has 1 saturated carbocycles. The summed E-state index contributed by atoms with van der Waals surface area (Å²) in [5.74, 6) is 0. The second-order valence-electron chi connectivity index (χ2n) is 3.82. The number of halogens is 1. The number of nitrogens with zero attached hydrogens (tertiary/aromatic N) is 1. The molecule has 0 aromatic carbocycles. The summed E-state index contributed by atoms with van der Waals surface area (Å²) in [6.45, 7) is 1.92. The molecule has 1 aliphatic carbocycles. The Balaban J connectivity index is 1.73. The highest BCUT2D eigenvalue weighted by Crippen LogP contribution is 2.44. The number of aliphatic hydroxyl groups excluding tert-OH is 1. The Hall–Kier alpha value is -0.160. The third-order valence-electron chi connectivity index (χ3n) is 2.59. The van der Waals surface area contributed by atoms with Crippen molar-refractivity contribution in [1.82, 2.24) is 10.3 Å². The third-order valence-corrected chi connectivity index (χ3v) is 3.71. The minimum absolute atomic E-state index is 0.168. The van der Waals surface area contributed by atoms with Crippen molar-refractivity contribution in [2.45, 2.75) is 19.4 Å². The monoisotopic (exact) mass is 232 g/mol. The zero-order valence-electron chi connectivity index (χ0n) is 7.79. The van der Waals surface area contributed by atoms with Gasteiger partial charge in [0.2, 0.25) is 0 Å². The Bertz CT molecular complexity index is 312. The van der Waals surface area contributed by atoms with Gasteiger partial charge in [0, 0.05) is 25.1 Å². The van der Waals surface area contributed by atoms with Crippen LogP contribution in [0, 0.1) is 5.41 Å². The highest BCUT2D eigenvalue weighted by molar-refractivity contribution is 7.15. The lowest BCUT2D eigenvalue weighted by molar-refractivity contribution is 0.207. The summed E-state index contributed by atoms with van der Waals surface area (Å²) in [6.07, 6.45) is 3.94. The summed E-state index contributed by atoms with van der Waals surface area (Å²) in [6, 6.07) is 0. The molecule has 0 saturated heterocycles. The normalized spacial score (nSPS) is 18.4. The Morgan fingerprint density at radius 1 is 1.64 bits per heavy atom. The molecule has 3 nitrogen and oxygen atoms in total. The molecule has 78 valence electrons. The summed E-state index contributed by atoms with van der Waals surface area (Å²) in [5, 5.41) is 13.4. The van der Waals surface area contributed by atoms with Crippen molar-refractivity contribution in [1.29, 1.82) is 0 Å². The molecular weight excluding hydrogens is 220 g/mol. The first-order valence-corrected chi connectivity index (χ1v) is 5.85. The van der Waals surface area contributed by atoms with E-state index in [1.165, 1.54) is 11.3 Å². The van der Waals surface area contributed by atoms with Gasteiger partial charge in [-0.1, -0.05) is 11.6 Å². The standard InChI is InChI=1S/C9H13ClN2OS/c10-7-3-12-8(14-7)4-11-5-9(6-13)1-2-9/h3,11,13H,1-2,4-6H2. The second-order valence-corrected chi connectivity index (χ2v) is 5.57. The fourth-order valence-corrected chi connectivity index (χ4v) is 2.30. The van der Waals surface area contributed by atoms with Crippen LogP contribution in [0.4, 0.5) is 0 Å². The van der Waals surface area contributed by atoms with Crippen molar-refractivity contribution < 1.29 is 5.11 Å². The van der Waals surface area contributed by atoms with Crippen molar-refractivity contribution in [2.75, 3.05) is 13.2 Å². The first-order chi connectivity index (χ1) is 6.74. The molecule has 5 heteroatoms. The van der Waals surface area contributed by atoms with Gasteiger partial charge in [-0.25, -0.2) is 4.98 Å². The van der Waals surface area contributed by atoms with Gasteiger partial charge < -0.3 is 10.4 Å². The highest BCUT2D eigenvalue weighted by Gasteiger charge is 2.41. The van der Waals surface area contributed by atoms with Crippen LogP contribution in [0.5, 0.6) is 0 Å². The van der Waals surface area contributed by atoms with Crippen molar-refractivity contribution >= 4 is 22.9 Å². The maximum Gasteiger partial charge on any atom is 0.113 e. The van der Waals surface area contributed by atoms with Gasteiger partial charge in [-0.05, 0) is 12.8 Å². The van der Waals surface area contributed by atoms with E-state index in [0.717, 1.165) is 35.3 Å². The lowest BCUT2D eigenvalue weighted by Crippen LogP contribution is -2.25. The van der Waals surface area contributed by atoms with Gasteiger partial charge in [0.25, 0.3) is 0 Å². The molecule has 0 unspecified atom stereocenters. The lowest BCUT2D eigenvalue weighted by atomic mass is 10.1. The Morgan fingerprint density at radius 2 is 2.43 bits per heavy atom. The molecule has 2 rings (SSSR count). The van der Waals surface area contributed by atoms with Crippen LogP contribution in [0.3, 0.4) is 0 Å². The van der Waals surface area contributed by atoms with Gasteiger partial charge in [0.05, 0.1) is 6.20 Å². The zero-order chi connectivity index (χ0) is 10.0. The zero-order valence-corrected chi connectivity index (χ0v) is 9.37. The van der Waals surface area contributed by atoms with Crippen LogP contribution >= 0.6 is 22.9 Å². The van der Waals surface area contributed by atoms with E-state index in [2.05, 4.69) is 10.3 Å². The van der Waals surface area contributed by atoms with Crippen molar-refractivity contribution in [3.8, 4) is 0 Å². The smallest absolute Gasteiger partial charge is 0.113 e. The van der Waals surface area contributed by atoms with E-state index >= 15 is 0 Å². The van der Waals surface area contributed by atoms with Gasteiger partial charge in [-0.3, -0.25) is 0 Å². The summed E-state index contributed by atoms with van der Waals surface area (Å²) in [5.41, 5.74) is 0.168. The van der Waals surface area contributed by atoms with Crippen LogP contribution in [0.2, 0.25) is 4.34 Å². The van der Waals surface area contributed by atoms with Gasteiger partial charge >= 0.3 is 0 Å².